The van der Waals surface area contributed by atoms with Gasteiger partial charge in [0.25, 0.3) is 5.91 Å². The summed E-state index contributed by atoms with van der Waals surface area (Å²) in [5, 5.41) is 17.2. The number of amides is 1. The molecule has 1 saturated heterocycles. The number of aliphatic hydroxyl groups excluding tert-OH is 1. The smallest absolute Gasteiger partial charge is 0.337 e. The second-order valence-corrected chi connectivity index (χ2v) is 10.3. The molecule has 0 saturated carbocycles. The number of β-amino-alcohol motifs (C(OH)–C–C–N with tert-alkyl or cyclic N) is 1. The summed E-state index contributed by atoms with van der Waals surface area (Å²) >= 11 is 0. The van der Waals surface area contributed by atoms with Gasteiger partial charge >= 0.3 is 5.97 Å². The molecule has 0 spiro atoms. The number of aliphatic hydroxyl groups is 1. The first-order valence-electron chi connectivity index (χ1n) is 13.6. The van der Waals surface area contributed by atoms with Crippen molar-refractivity contribution < 1.29 is 28.6 Å². The van der Waals surface area contributed by atoms with Crippen LogP contribution in [0.3, 0.4) is 0 Å². The van der Waals surface area contributed by atoms with Gasteiger partial charge in [-0.05, 0) is 72.1 Å². The van der Waals surface area contributed by atoms with Crippen molar-refractivity contribution in [1.82, 2.24) is 4.90 Å². The average Bonchev–Trinajstić information content (AvgIpc) is 3.56. The van der Waals surface area contributed by atoms with Gasteiger partial charge in [-0.25, -0.2) is 9.18 Å². The van der Waals surface area contributed by atoms with E-state index in [1.54, 1.807) is 30.3 Å². The number of carbonyl (C=O) groups excluding carboxylic acids is 2. The summed E-state index contributed by atoms with van der Waals surface area (Å²) in [7, 11) is 1.30. The Bertz CT molecular complexity index is 1520. The molecular formula is C31H31FN4O5. The van der Waals surface area contributed by atoms with E-state index >= 15 is 0 Å². The molecule has 212 valence electrons. The first-order chi connectivity index (χ1) is 19.9. The Labute approximate surface area is 237 Å². The second kappa shape index (κ2) is 11.3. The van der Waals surface area contributed by atoms with Crippen LogP contribution in [0.5, 0.6) is 0 Å². The van der Waals surface area contributed by atoms with E-state index in [1.807, 2.05) is 23.1 Å². The van der Waals surface area contributed by atoms with Crippen molar-refractivity contribution in [3.63, 3.8) is 0 Å². The predicted octanol–water partition coefficient (Wildman–Crippen LogP) is 3.56. The van der Waals surface area contributed by atoms with E-state index in [0.717, 1.165) is 36.4 Å². The highest BCUT2D eigenvalue weighted by Gasteiger charge is 2.31. The fraction of sp³-hybridized carbons (Fsp3) is 0.290. The molecule has 3 heterocycles. The van der Waals surface area contributed by atoms with Crippen LogP contribution < -0.4 is 15.5 Å². The van der Waals surface area contributed by atoms with Gasteiger partial charge < -0.3 is 30.1 Å². The number of esters is 1. The molecule has 6 rings (SSSR count). The van der Waals surface area contributed by atoms with Crippen LogP contribution in [0, 0.1) is 5.82 Å². The highest BCUT2D eigenvalue weighted by atomic mass is 19.1. The van der Waals surface area contributed by atoms with Gasteiger partial charge in [-0.3, -0.25) is 9.69 Å². The van der Waals surface area contributed by atoms with Gasteiger partial charge in [-0.2, -0.15) is 0 Å². The summed E-state index contributed by atoms with van der Waals surface area (Å²) in [6, 6.07) is 16.8. The standard InChI is InChI=1S/C31H31FN4O5/c1-40-31(39)21-4-8-24-25(17-21)34-30(38)28(24)29(19-2-5-22(32)6-3-19)33-23-7-9-26-20(16-23)10-11-36(26)27(37)18-35-12-14-41-15-13-35/h2-9,16-17,27,33,37H,10-15,18H2,1H3,(H,34,38)/b29-28-. The van der Waals surface area contributed by atoms with Crippen LogP contribution in [0.4, 0.5) is 21.5 Å². The maximum atomic E-state index is 13.8. The van der Waals surface area contributed by atoms with Crippen LogP contribution in [0.1, 0.15) is 27.0 Å². The molecule has 0 aliphatic carbocycles. The van der Waals surface area contributed by atoms with E-state index in [2.05, 4.69) is 15.5 Å². The van der Waals surface area contributed by atoms with Crippen molar-refractivity contribution in [2.45, 2.75) is 12.6 Å². The minimum Gasteiger partial charge on any atom is -0.465 e. The van der Waals surface area contributed by atoms with Gasteiger partial charge in [0.15, 0.2) is 0 Å². The SMILES string of the molecule is COC(=O)c1ccc2c(c1)NC(=O)/C2=C(\Nc1ccc2c(c1)CCN2C(O)CN1CCOCC1)c1ccc(F)cc1. The van der Waals surface area contributed by atoms with E-state index in [1.165, 1.54) is 19.2 Å². The zero-order chi connectivity index (χ0) is 28.5. The molecular weight excluding hydrogens is 527 g/mol. The normalized spacial score (nSPS) is 18.4. The number of benzene rings is 3. The number of carbonyl (C=O) groups is 2. The van der Waals surface area contributed by atoms with Crippen LogP contribution in [0.25, 0.3) is 11.3 Å². The quantitative estimate of drug-likeness (QED) is 0.299. The maximum absolute atomic E-state index is 13.8. The summed E-state index contributed by atoms with van der Waals surface area (Å²) in [4.78, 5) is 29.6. The number of morpholine rings is 1. The van der Waals surface area contributed by atoms with Crippen molar-refractivity contribution in [3.8, 4) is 0 Å². The Balaban J connectivity index is 1.32. The molecule has 3 aliphatic heterocycles. The molecule has 1 amide bonds. The lowest BCUT2D eigenvalue weighted by molar-refractivity contribution is -0.110. The number of nitrogens with zero attached hydrogens (tertiary/aromatic N) is 2. The molecule has 9 nitrogen and oxygen atoms in total. The van der Waals surface area contributed by atoms with E-state index < -0.39 is 12.2 Å². The van der Waals surface area contributed by atoms with Crippen LogP contribution in [0.15, 0.2) is 60.7 Å². The second-order valence-electron chi connectivity index (χ2n) is 10.3. The number of nitrogens with one attached hydrogen (secondary N) is 2. The largest absolute Gasteiger partial charge is 0.465 e. The molecule has 0 aromatic heterocycles. The lowest BCUT2D eigenvalue weighted by atomic mass is 9.98. The van der Waals surface area contributed by atoms with E-state index in [0.29, 0.717) is 60.0 Å². The Morgan fingerprint density at radius 1 is 1.07 bits per heavy atom. The number of ether oxygens (including phenoxy) is 2. The number of anilines is 3. The molecule has 10 heteroatoms. The Morgan fingerprint density at radius 3 is 2.59 bits per heavy atom. The molecule has 3 aromatic carbocycles. The molecule has 3 aliphatic rings. The van der Waals surface area contributed by atoms with Crippen molar-refractivity contribution in [2.75, 3.05) is 62.0 Å². The van der Waals surface area contributed by atoms with Gasteiger partial charge in [-0.1, -0.05) is 6.07 Å². The summed E-state index contributed by atoms with van der Waals surface area (Å²) in [6.07, 6.45) is 0.145. The van der Waals surface area contributed by atoms with Crippen LogP contribution in [-0.2, 0) is 20.7 Å². The lowest BCUT2D eigenvalue weighted by Crippen LogP contribution is -2.47. The van der Waals surface area contributed by atoms with Crippen LogP contribution in [0.2, 0.25) is 0 Å². The summed E-state index contributed by atoms with van der Waals surface area (Å²) in [6.45, 7) is 4.23. The van der Waals surface area contributed by atoms with Gasteiger partial charge in [0, 0.05) is 43.1 Å². The fourth-order valence-electron chi connectivity index (χ4n) is 5.63. The fourth-order valence-corrected chi connectivity index (χ4v) is 5.63. The van der Waals surface area contributed by atoms with E-state index in [4.69, 9.17) is 9.47 Å². The minimum absolute atomic E-state index is 0.322. The third-order valence-electron chi connectivity index (χ3n) is 7.73. The van der Waals surface area contributed by atoms with E-state index in [9.17, 15) is 19.1 Å². The van der Waals surface area contributed by atoms with Crippen molar-refractivity contribution in [3.05, 3.63) is 88.7 Å². The third kappa shape index (κ3) is 5.41. The summed E-state index contributed by atoms with van der Waals surface area (Å²) in [5.74, 6) is -1.23. The summed E-state index contributed by atoms with van der Waals surface area (Å²) < 4.78 is 24.1. The van der Waals surface area contributed by atoms with Gasteiger partial charge in [0.2, 0.25) is 0 Å². The Morgan fingerprint density at radius 2 is 1.83 bits per heavy atom. The summed E-state index contributed by atoms with van der Waals surface area (Å²) in [5.41, 5.74) is 5.77. The molecule has 1 fully saturated rings. The first-order valence-corrected chi connectivity index (χ1v) is 13.6. The first kappa shape index (κ1) is 26.9. The lowest BCUT2D eigenvalue weighted by Gasteiger charge is -2.33. The molecule has 3 N–H and O–H groups in total. The zero-order valence-electron chi connectivity index (χ0n) is 22.7. The van der Waals surface area contributed by atoms with Gasteiger partial charge in [0.05, 0.1) is 42.8 Å². The number of rotatable bonds is 7. The van der Waals surface area contributed by atoms with Gasteiger partial charge in [0.1, 0.15) is 12.0 Å². The van der Waals surface area contributed by atoms with Crippen LogP contribution in [-0.4, -0.2) is 74.6 Å². The zero-order valence-corrected chi connectivity index (χ0v) is 22.7. The van der Waals surface area contributed by atoms with Crippen molar-refractivity contribution in [2.24, 2.45) is 0 Å². The minimum atomic E-state index is -0.626. The molecule has 3 aromatic rings. The molecule has 41 heavy (non-hydrogen) atoms. The third-order valence-corrected chi connectivity index (χ3v) is 7.73. The molecule has 1 atom stereocenters. The van der Waals surface area contributed by atoms with E-state index in [-0.39, 0.29) is 11.7 Å². The predicted molar refractivity (Wildman–Crippen MR) is 154 cm³/mol. The number of methoxy groups -OCH3 is 1. The van der Waals surface area contributed by atoms with Gasteiger partial charge in [-0.15, -0.1) is 0 Å². The Kier molecular flexibility index (Phi) is 7.44. The molecule has 1 unspecified atom stereocenters. The topological polar surface area (TPSA) is 103 Å². The number of halogens is 1. The molecule has 0 radical (unpaired) electrons. The average molecular weight is 559 g/mol. The monoisotopic (exact) mass is 558 g/mol. The van der Waals surface area contributed by atoms with Crippen molar-refractivity contribution >= 4 is 40.2 Å². The van der Waals surface area contributed by atoms with Crippen molar-refractivity contribution in [1.29, 1.82) is 0 Å². The Hall–Kier alpha value is -4.25. The number of fused-ring (bicyclic) bond motifs is 2. The maximum Gasteiger partial charge on any atom is 0.337 e. The highest BCUT2D eigenvalue weighted by Crippen LogP contribution is 2.39. The highest BCUT2D eigenvalue weighted by molar-refractivity contribution is 6.37. The number of hydrogen-bond acceptors (Lipinski definition) is 8. The van der Waals surface area contributed by atoms with Crippen LogP contribution >= 0.6 is 0 Å². The number of hydrogen-bond donors (Lipinski definition) is 3. The molecule has 0 bridgehead atoms.